The van der Waals surface area contributed by atoms with Crippen molar-refractivity contribution < 1.29 is 14.3 Å². The fraction of sp³-hybridized carbons (Fsp3) is 0.375. The van der Waals surface area contributed by atoms with Crippen LogP contribution in [0.1, 0.15) is 31.1 Å². The van der Waals surface area contributed by atoms with Crippen LogP contribution in [0.5, 0.6) is 0 Å². The molecule has 2 heterocycles. The van der Waals surface area contributed by atoms with Gasteiger partial charge in [-0.15, -0.1) is 0 Å². The summed E-state index contributed by atoms with van der Waals surface area (Å²) in [5.41, 5.74) is -1.04. The Kier molecular flexibility index (Phi) is 4.51. The number of furan rings is 1. The van der Waals surface area contributed by atoms with Crippen molar-refractivity contribution in [3.8, 4) is 11.5 Å². The van der Waals surface area contributed by atoms with Crippen LogP contribution in [0.25, 0.3) is 11.5 Å². The van der Waals surface area contributed by atoms with E-state index in [1.807, 2.05) is 13.8 Å². The molecule has 1 atom stereocenters. The molecular formula is C16H20N2O4. The minimum atomic E-state index is -1.03. The van der Waals surface area contributed by atoms with E-state index in [4.69, 9.17) is 4.42 Å². The second-order valence-corrected chi connectivity index (χ2v) is 5.79. The molecule has 0 saturated carbocycles. The van der Waals surface area contributed by atoms with Gasteiger partial charge in [-0.1, -0.05) is 13.8 Å². The molecule has 6 nitrogen and oxygen atoms in total. The maximum atomic E-state index is 12.1. The van der Waals surface area contributed by atoms with Crippen LogP contribution >= 0.6 is 0 Å². The zero-order valence-corrected chi connectivity index (χ0v) is 12.8. The van der Waals surface area contributed by atoms with Gasteiger partial charge in [-0.3, -0.25) is 9.59 Å². The molecule has 3 N–H and O–H groups in total. The Morgan fingerprint density at radius 1 is 1.41 bits per heavy atom. The molecule has 0 saturated heterocycles. The molecule has 1 unspecified atom stereocenters. The summed E-state index contributed by atoms with van der Waals surface area (Å²) in [7, 11) is 0. The summed E-state index contributed by atoms with van der Waals surface area (Å²) in [5.74, 6) is -0.0209. The lowest BCUT2D eigenvalue weighted by Gasteiger charge is -2.27. The first kappa shape index (κ1) is 16.0. The fourth-order valence-electron chi connectivity index (χ4n) is 1.79. The van der Waals surface area contributed by atoms with Gasteiger partial charge >= 0.3 is 0 Å². The van der Waals surface area contributed by atoms with Crippen LogP contribution < -0.4 is 10.9 Å². The molecule has 0 aromatic carbocycles. The molecule has 2 aromatic heterocycles. The topological polar surface area (TPSA) is 95.3 Å². The van der Waals surface area contributed by atoms with Crippen molar-refractivity contribution in [3.05, 3.63) is 46.4 Å². The largest absolute Gasteiger partial charge is 0.463 e. The quantitative estimate of drug-likeness (QED) is 0.784. The second-order valence-electron chi connectivity index (χ2n) is 5.79. The van der Waals surface area contributed by atoms with Crippen molar-refractivity contribution in [1.29, 1.82) is 0 Å². The number of carbonyl (C=O) groups excluding carboxylic acids is 1. The monoisotopic (exact) mass is 304 g/mol. The van der Waals surface area contributed by atoms with Crippen molar-refractivity contribution in [2.45, 2.75) is 26.4 Å². The van der Waals surface area contributed by atoms with Gasteiger partial charge < -0.3 is 19.8 Å². The van der Waals surface area contributed by atoms with Crippen molar-refractivity contribution in [2.75, 3.05) is 6.54 Å². The molecule has 22 heavy (non-hydrogen) atoms. The summed E-state index contributed by atoms with van der Waals surface area (Å²) < 4.78 is 5.19. The molecular weight excluding hydrogens is 284 g/mol. The van der Waals surface area contributed by atoms with Crippen LogP contribution in [-0.4, -0.2) is 28.1 Å². The molecule has 2 rings (SSSR count). The molecule has 0 aliphatic heterocycles. The maximum absolute atomic E-state index is 12.1. The smallest absolute Gasteiger partial charge is 0.261 e. The van der Waals surface area contributed by atoms with Crippen LogP contribution in [0.15, 0.2) is 39.7 Å². The van der Waals surface area contributed by atoms with Crippen LogP contribution in [0, 0.1) is 5.92 Å². The zero-order chi connectivity index (χ0) is 16.3. The van der Waals surface area contributed by atoms with Crippen LogP contribution in [-0.2, 0) is 0 Å². The van der Waals surface area contributed by atoms with Gasteiger partial charge in [0.15, 0.2) is 0 Å². The lowest BCUT2D eigenvalue weighted by molar-refractivity contribution is 0.0142. The van der Waals surface area contributed by atoms with E-state index in [0.717, 1.165) is 0 Å². The van der Waals surface area contributed by atoms with E-state index >= 15 is 0 Å². The van der Waals surface area contributed by atoms with E-state index in [2.05, 4.69) is 10.3 Å². The number of hydrogen-bond donors (Lipinski definition) is 3. The van der Waals surface area contributed by atoms with Crippen LogP contribution in [0.4, 0.5) is 0 Å². The van der Waals surface area contributed by atoms with Gasteiger partial charge in [-0.2, -0.15) is 0 Å². The molecule has 2 aromatic rings. The molecule has 0 fully saturated rings. The summed E-state index contributed by atoms with van der Waals surface area (Å²) >= 11 is 0. The normalized spacial score (nSPS) is 13.9. The van der Waals surface area contributed by atoms with Crippen molar-refractivity contribution in [2.24, 2.45) is 5.92 Å². The first-order valence-electron chi connectivity index (χ1n) is 7.09. The lowest BCUT2D eigenvalue weighted by atomic mass is 9.92. The van der Waals surface area contributed by atoms with Gasteiger partial charge in [0.1, 0.15) is 11.3 Å². The molecule has 0 bridgehead atoms. The number of rotatable bonds is 5. The average molecular weight is 304 g/mol. The number of pyridine rings is 1. The van der Waals surface area contributed by atoms with Gasteiger partial charge in [0, 0.05) is 6.54 Å². The van der Waals surface area contributed by atoms with Gasteiger partial charge in [-0.05, 0) is 37.1 Å². The third-order valence-corrected chi connectivity index (χ3v) is 3.79. The highest BCUT2D eigenvalue weighted by atomic mass is 16.3. The van der Waals surface area contributed by atoms with E-state index in [-0.39, 0.29) is 18.0 Å². The summed E-state index contributed by atoms with van der Waals surface area (Å²) in [6, 6.07) is 6.47. The standard InChI is InChI=1S/C16H20N2O4/c1-10(2)16(3,21)9-17-14(19)11-6-7-12(18-15(11)20)13-5-4-8-22-13/h4-8,10,21H,9H2,1-3H3,(H,17,19)(H,18,20). The third kappa shape index (κ3) is 3.46. The first-order valence-corrected chi connectivity index (χ1v) is 7.09. The van der Waals surface area contributed by atoms with E-state index in [9.17, 15) is 14.7 Å². The number of amides is 1. The van der Waals surface area contributed by atoms with Crippen LogP contribution in [0.2, 0.25) is 0 Å². The molecule has 0 aliphatic carbocycles. The Morgan fingerprint density at radius 3 is 2.68 bits per heavy atom. The minimum Gasteiger partial charge on any atom is -0.463 e. The molecule has 6 heteroatoms. The first-order chi connectivity index (χ1) is 10.3. The molecule has 0 spiro atoms. The third-order valence-electron chi connectivity index (χ3n) is 3.79. The van der Waals surface area contributed by atoms with Gasteiger partial charge in [0.2, 0.25) is 0 Å². The van der Waals surface area contributed by atoms with Crippen LogP contribution in [0.3, 0.4) is 0 Å². The predicted octanol–water partition coefficient (Wildman–Crippen LogP) is 1.77. The Morgan fingerprint density at radius 2 is 2.14 bits per heavy atom. The van der Waals surface area contributed by atoms with Crippen molar-refractivity contribution in [3.63, 3.8) is 0 Å². The number of hydrogen-bond acceptors (Lipinski definition) is 4. The highest BCUT2D eigenvalue weighted by Gasteiger charge is 2.26. The number of aromatic amines is 1. The SMILES string of the molecule is CC(C)C(C)(O)CNC(=O)c1ccc(-c2ccco2)[nH]c1=O. The fourth-order valence-corrected chi connectivity index (χ4v) is 1.79. The molecule has 1 amide bonds. The van der Waals surface area contributed by atoms with E-state index in [0.29, 0.717) is 11.5 Å². The number of H-pyrrole nitrogens is 1. The highest BCUT2D eigenvalue weighted by Crippen LogP contribution is 2.16. The van der Waals surface area contributed by atoms with Crippen molar-refractivity contribution >= 4 is 5.91 Å². The Balaban J connectivity index is 2.13. The molecule has 0 aliphatic rings. The number of aromatic nitrogens is 1. The molecule has 118 valence electrons. The van der Waals surface area contributed by atoms with E-state index < -0.39 is 17.1 Å². The number of aliphatic hydroxyl groups is 1. The summed E-state index contributed by atoms with van der Waals surface area (Å²) in [6.07, 6.45) is 1.50. The minimum absolute atomic E-state index is 0.00476. The van der Waals surface area contributed by atoms with E-state index in [1.54, 1.807) is 25.1 Å². The Bertz CT molecular complexity index is 699. The Hall–Kier alpha value is -2.34. The van der Waals surface area contributed by atoms with Gasteiger partial charge in [-0.25, -0.2) is 0 Å². The van der Waals surface area contributed by atoms with Crippen molar-refractivity contribution in [1.82, 2.24) is 10.3 Å². The van der Waals surface area contributed by atoms with Gasteiger partial charge in [0.25, 0.3) is 11.5 Å². The predicted molar refractivity (Wildman–Crippen MR) is 82.6 cm³/mol. The highest BCUT2D eigenvalue weighted by molar-refractivity contribution is 5.94. The number of nitrogens with one attached hydrogen (secondary N) is 2. The zero-order valence-electron chi connectivity index (χ0n) is 12.8. The summed E-state index contributed by atoms with van der Waals surface area (Å²) in [6.45, 7) is 5.43. The Labute approximate surface area is 128 Å². The summed E-state index contributed by atoms with van der Waals surface area (Å²) in [5, 5.41) is 12.7. The van der Waals surface area contributed by atoms with Gasteiger partial charge in [0.05, 0.1) is 17.6 Å². The second kappa shape index (κ2) is 6.19. The molecule has 0 radical (unpaired) electrons. The average Bonchev–Trinajstić information content (AvgIpc) is 2.98. The maximum Gasteiger partial charge on any atom is 0.261 e. The number of carbonyl (C=O) groups is 1. The lowest BCUT2D eigenvalue weighted by Crippen LogP contribution is -2.45. The van der Waals surface area contributed by atoms with E-state index in [1.165, 1.54) is 12.3 Å². The summed E-state index contributed by atoms with van der Waals surface area (Å²) in [4.78, 5) is 26.7.